The van der Waals surface area contributed by atoms with E-state index < -0.39 is 0 Å². The molecular weight excluding hydrogens is 242 g/mol. The van der Waals surface area contributed by atoms with Crippen molar-refractivity contribution in [3.05, 3.63) is 29.8 Å². The summed E-state index contributed by atoms with van der Waals surface area (Å²) in [6.07, 6.45) is 2.94. The number of hydrogen-bond acceptors (Lipinski definition) is 6. The lowest BCUT2D eigenvalue weighted by molar-refractivity contribution is 0.398. The van der Waals surface area contributed by atoms with E-state index in [2.05, 4.69) is 20.3 Å². The molecule has 0 spiro atoms. The molecule has 88 valence electrons. The fraction of sp³-hybridized carbons (Fsp3) is 0.100. The minimum absolute atomic E-state index is 0.212. The molecule has 0 radical (unpaired) electrons. The zero-order valence-corrected chi connectivity index (χ0v) is 9.77. The molecule has 0 aliphatic heterocycles. The third-order valence-electron chi connectivity index (χ3n) is 2.04. The topological polar surface area (TPSA) is 86.0 Å². The van der Waals surface area contributed by atoms with Crippen molar-refractivity contribution >= 4 is 28.8 Å². The highest BCUT2D eigenvalue weighted by atomic mass is 35.5. The number of halogens is 1. The van der Waals surface area contributed by atoms with E-state index in [4.69, 9.17) is 22.1 Å². The Labute approximate surface area is 103 Å². The summed E-state index contributed by atoms with van der Waals surface area (Å²) in [6, 6.07) is 3.52. The van der Waals surface area contributed by atoms with Gasteiger partial charge in [-0.3, -0.25) is 0 Å². The summed E-state index contributed by atoms with van der Waals surface area (Å²) in [5, 5.41) is 3.20. The second-order valence-corrected chi connectivity index (χ2v) is 3.50. The van der Waals surface area contributed by atoms with Crippen molar-refractivity contribution < 1.29 is 4.74 Å². The Morgan fingerprint density at radius 3 is 2.76 bits per heavy atom. The predicted octanol–water partition coefficient (Wildman–Crippen LogP) is 1.86. The zero-order chi connectivity index (χ0) is 12.3. The van der Waals surface area contributed by atoms with Gasteiger partial charge in [-0.1, -0.05) is 11.6 Å². The number of aromatic nitrogens is 3. The minimum atomic E-state index is 0.212. The quantitative estimate of drug-likeness (QED) is 0.810. The largest absolute Gasteiger partial charge is 0.481 e. The molecule has 0 amide bonds. The lowest BCUT2D eigenvalue weighted by Crippen LogP contribution is -2.01. The first-order valence-corrected chi connectivity index (χ1v) is 5.11. The Bertz CT molecular complexity index is 517. The molecule has 7 heteroatoms. The SMILES string of the molecule is COc1ccc(Nc2ncnc(Cl)c2N)cn1. The van der Waals surface area contributed by atoms with Crippen molar-refractivity contribution in [2.24, 2.45) is 0 Å². The fourth-order valence-electron chi connectivity index (χ4n) is 1.19. The Morgan fingerprint density at radius 1 is 1.29 bits per heavy atom. The van der Waals surface area contributed by atoms with E-state index in [1.54, 1.807) is 25.4 Å². The van der Waals surface area contributed by atoms with Crippen LogP contribution in [0.2, 0.25) is 5.15 Å². The number of methoxy groups -OCH3 is 1. The number of rotatable bonds is 3. The molecule has 0 fully saturated rings. The van der Waals surface area contributed by atoms with Crippen LogP contribution >= 0.6 is 11.6 Å². The van der Waals surface area contributed by atoms with E-state index in [9.17, 15) is 0 Å². The van der Waals surface area contributed by atoms with E-state index in [-0.39, 0.29) is 5.15 Å². The standard InChI is InChI=1S/C10H10ClN5O/c1-17-7-3-2-6(4-13-7)16-10-8(12)9(11)14-5-15-10/h2-5H,12H2,1H3,(H,14,15,16). The van der Waals surface area contributed by atoms with Gasteiger partial charge in [0.05, 0.1) is 19.0 Å². The molecule has 0 saturated carbocycles. The van der Waals surface area contributed by atoms with Crippen LogP contribution in [-0.4, -0.2) is 22.1 Å². The Morgan fingerprint density at radius 2 is 2.12 bits per heavy atom. The lowest BCUT2D eigenvalue weighted by atomic mass is 10.4. The first-order chi connectivity index (χ1) is 8.20. The molecule has 0 saturated heterocycles. The monoisotopic (exact) mass is 251 g/mol. The average Bonchev–Trinajstić information content (AvgIpc) is 2.36. The smallest absolute Gasteiger partial charge is 0.213 e. The molecule has 0 aliphatic carbocycles. The molecule has 2 aromatic heterocycles. The highest BCUT2D eigenvalue weighted by Crippen LogP contribution is 2.25. The van der Waals surface area contributed by atoms with E-state index in [1.807, 2.05) is 0 Å². The molecule has 0 aliphatic rings. The molecule has 2 heterocycles. The van der Waals surface area contributed by atoms with Gasteiger partial charge in [0, 0.05) is 6.07 Å². The maximum Gasteiger partial charge on any atom is 0.213 e. The van der Waals surface area contributed by atoms with Crippen LogP contribution in [0.15, 0.2) is 24.7 Å². The second kappa shape index (κ2) is 4.84. The molecule has 0 bridgehead atoms. The number of nitrogens with two attached hydrogens (primary N) is 1. The van der Waals surface area contributed by atoms with Gasteiger partial charge in [0.1, 0.15) is 12.0 Å². The zero-order valence-electron chi connectivity index (χ0n) is 9.01. The number of nitrogens with one attached hydrogen (secondary N) is 1. The normalized spacial score (nSPS) is 10.0. The van der Waals surface area contributed by atoms with E-state index in [0.717, 1.165) is 5.69 Å². The van der Waals surface area contributed by atoms with Crippen molar-refractivity contribution in [1.82, 2.24) is 15.0 Å². The van der Waals surface area contributed by atoms with Crippen molar-refractivity contribution in [2.45, 2.75) is 0 Å². The van der Waals surface area contributed by atoms with Crippen molar-refractivity contribution in [3.63, 3.8) is 0 Å². The molecule has 0 unspecified atom stereocenters. The summed E-state index contributed by atoms with van der Waals surface area (Å²) < 4.78 is 4.95. The third-order valence-corrected chi connectivity index (χ3v) is 2.34. The van der Waals surface area contributed by atoms with Gasteiger partial charge in [-0.05, 0) is 6.07 Å². The summed E-state index contributed by atoms with van der Waals surface area (Å²) in [7, 11) is 1.55. The summed E-state index contributed by atoms with van der Waals surface area (Å²) in [6.45, 7) is 0. The van der Waals surface area contributed by atoms with Crippen LogP contribution in [-0.2, 0) is 0 Å². The van der Waals surface area contributed by atoms with E-state index in [1.165, 1.54) is 6.33 Å². The first-order valence-electron chi connectivity index (χ1n) is 4.73. The average molecular weight is 252 g/mol. The third kappa shape index (κ3) is 2.54. The van der Waals surface area contributed by atoms with Crippen LogP contribution in [0, 0.1) is 0 Å². The molecule has 3 N–H and O–H groups in total. The van der Waals surface area contributed by atoms with E-state index >= 15 is 0 Å². The number of pyridine rings is 1. The molecule has 2 aromatic rings. The Kier molecular flexibility index (Phi) is 3.24. The minimum Gasteiger partial charge on any atom is -0.481 e. The molecule has 17 heavy (non-hydrogen) atoms. The summed E-state index contributed by atoms with van der Waals surface area (Å²) in [4.78, 5) is 11.8. The molecule has 0 aromatic carbocycles. The van der Waals surface area contributed by atoms with Gasteiger partial charge in [0.15, 0.2) is 11.0 Å². The van der Waals surface area contributed by atoms with Gasteiger partial charge >= 0.3 is 0 Å². The van der Waals surface area contributed by atoms with Gasteiger partial charge < -0.3 is 15.8 Å². The fourth-order valence-corrected chi connectivity index (χ4v) is 1.32. The highest BCUT2D eigenvalue weighted by Gasteiger charge is 2.06. The van der Waals surface area contributed by atoms with Gasteiger partial charge in [-0.15, -0.1) is 0 Å². The van der Waals surface area contributed by atoms with Gasteiger partial charge in [0.25, 0.3) is 0 Å². The number of nitrogens with zero attached hydrogens (tertiary/aromatic N) is 3. The van der Waals surface area contributed by atoms with E-state index in [0.29, 0.717) is 17.4 Å². The first kappa shape index (κ1) is 11.4. The van der Waals surface area contributed by atoms with Crippen LogP contribution < -0.4 is 15.8 Å². The molecule has 6 nitrogen and oxygen atoms in total. The molecule has 0 atom stereocenters. The number of hydrogen-bond donors (Lipinski definition) is 2. The number of ether oxygens (including phenoxy) is 1. The van der Waals surface area contributed by atoms with Gasteiger partial charge in [-0.25, -0.2) is 15.0 Å². The summed E-state index contributed by atoms with van der Waals surface area (Å²) >= 11 is 5.78. The van der Waals surface area contributed by atoms with Crippen molar-refractivity contribution in [3.8, 4) is 5.88 Å². The second-order valence-electron chi connectivity index (χ2n) is 3.14. The van der Waals surface area contributed by atoms with Gasteiger partial charge in [0.2, 0.25) is 5.88 Å². The van der Waals surface area contributed by atoms with Crippen LogP contribution in [0.25, 0.3) is 0 Å². The van der Waals surface area contributed by atoms with Crippen LogP contribution in [0.5, 0.6) is 5.88 Å². The highest BCUT2D eigenvalue weighted by molar-refractivity contribution is 6.32. The molecular formula is C10H10ClN5O. The predicted molar refractivity (Wildman–Crippen MR) is 65.5 cm³/mol. The Balaban J connectivity index is 2.22. The summed E-state index contributed by atoms with van der Waals surface area (Å²) in [5.41, 5.74) is 6.75. The maximum atomic E-state index is 5.78. The lowest BCUT2D eigenvalue weighted by Gasteiger charge is -2.08. The van der Waals surface area contributed by atoms with Crippen molar-refractivity contribution in [1.29, 1.82) is 0 Å². The Hall–Kier alpha value is -2.08. The van der Waals surface area contributed by atoms with Crippen LogP contribution in [0.3, 0.4) is 0 Å². The number of anilines is 3. The summed E-state index contributed by atoms with van der Waals surface area (Å²) in [5.74, 6) is 0.973. The maximum absolute atomic E-state index is 5.78. The van der Waals surface area contributed by atoms with Gasteiger partial charge in [-0.2, -0.15) is 0 Å². The van der Waals surface area contributed by atoms with Crippen LogP contribution in [0.4, 0.5) is 17.2 Å². The molecule has 2 rings (SSSR count). The van der Waals surface area contributed by atoms with Crippen LogP contribution in [0.1, 0.15) is 0 Å². The van der Waals surface area contributed by atoms with Crippen molar-refractivity contribution in [2.75, 3.05) is 18.2 Å². The number of nitrogen functional groups attached to an aromatic ring is 1.